The van der Waals surface area contributed by atoms with Crippen molar-refractivity contribution in [2.24, 2.45) is 17.8 Å². The van der Waals surface area contributed by atoms with Crippen molar-refractivity contribution in [2.45, 2.75) is 45.5 Å². The minimum Gasteiger partial charge on any atom is -0.466 e. The van der Waals surface area contributed by atoms with Gasteiger partial charge in [-0.05, 0) is 24.2 Å². The minimum absolute atomic E-state index is 0.000609. The van der Waals surface area contributed by atoms with Crippen LogP contribution in [0.5, 0.6) is 0 Å². The van der Waals surface area contributed by atoms with Crippen LogP contribution < -0.4 is 0 Å². The summed E-state index contributed by atoms with van der Waals surface area (Å²) in [6, 6.07) is 0. The van der Waals surface area contributed by atoms with Crippen LogP contribution in [0.15, 0.2) is 0 Å². The Morgan fingerprint density at radius 1 is 1.17 bits per heavy atom. The molecule has 0 bridgehead atoms. The first-order valence-electron chi connectivity index (χ1n) is 6.31. The average Bonchev–Trinajstić information content (AvgIpc) is 2.27. The molecule has 0 radical (unpaired) electrons. The predicted octanol–water partition coefficient (Wildman–Crippen LogP) is 2.07. The van der Waals surface area contributed by atoms with Crippen LogP contribution in [0.3, 0.4) is 0 Å². The number of thiol groups is 1. The fourth-order valence-electron chi connectivity index (χ4n) is 2.56. The van der Waals surface area contributed by atoms with Gasteiger partial charge < -0.3 is 9.47 Å². The normalized spacial score (nSPS) is 35.9. The van der Waals surface area contributed by atoms with E-state index in [-0.39, 0.29) is 35.1 Å². The fourth-order valence-corrected chi connectivity index (χ4v) is 3.16. The topological polar surface area (TPSA) is 52.6 Å². The summed E-state index contributed by atoms with van der Waals surface area (Å²) in [5.41, 5.74) is 0. The smallest absolute Gasteiger partial charge is 0.302 e. The van der Waals surface area contributed by atoms with Crippen LogP contribution in [0.2, 0.25) is 0 Å². The number of carbonyl (C=O) groups excluding carboxylic acids is 2. The summed E-state index contributed by atoms with van der Waals surface area (Å²) in [6.07, 6.45) is 0.634. The second kappa shape index (κ2) is 6.45. The largest absolute Gasteiger partial charge is 0.466 e. The van der Waals surface area contributed by atoms with Crippen LogP contribution in [-0.4, -0.2) is 29.9 Å². The van der Waals surface area contributed by atoms with E-state index in [4.69, 9.17) is 9.47 Å². The molecule has 1 rings (SSSR count). The van der Waals surface area contributed by atoms with E-state index in [0.29, 0.717) is 12.5 Å². The number of hydrogen-bond acceptors (Lipinski definition) is 5. The summed E-state index contributed by atoms with van der Waals surface area (Å²) in [7, 11) is 0. The van der Waals surface area contributed by atoms with Gasteiger partial charge in [-0.3, -0.25) is 9.59 Å². The van der Waals surface area contributed by atoms with Crippen molar-refractivity contribution in [3.63, 3.8) is 0 Å². The molecule has 5 atom stereocenters. The molecule has 0 aliphatic heterocycles. The molecule has 1 fully saturated rings. The fraction of sp³-hybridized carbons (Fsp3) is 0.846. The lowest BCUT2D eigenvalue weighted by Gasteiger charge is -2.42. The Kier molecular flexibility index (Phi) is 5.50. The maximum atomic E-state index is 11.1. The maximum absolute atomic E-state index is 11.1. The molecular formula is C13H22O4S. The van der Waals surface area contributed by atoms with Gasteiger partial charge in [0, 0.05) is 19.1 Å². The Morgan fingerprint density at radius 2 is 1.78 bits per heavy atom. The van der Waals surface area contributed by atoms with Gasteiger partial charge in [-0.25, -0.2) is 0 Å². The Morgan fingerprint density at radius 3 is 2.28 bits per heavy atom. The van der Waals surface area contributed by atoms with Crippen LogP contribution in [0, 0.1) is 17.8 Å². The SMILES string of the molecule is CC(=O)OCC1C[C@@H](S)C(OC(C)=O)[C@@H](C)[C@@H]1C. The molecule has 1 aliphatic carbocycles. The van der Waals surface area contributed by atoms with E-state index in [0.717, 1.165) is 6.42 Å². The molecule has 0 aromatic heterocycles. The van der Waals surface area contributed by atoms with Gasteiger partial charge in [-0.1, -0.05) is 13.8 Å². The van der Waals surface area contributed by atoms with Gasteiger partial charge in [0.1, 0.15) is 6.10 Å². The van der Waals surface area contributed by atoms with E-state index in [9.17, 15) is 9.59 Å². The highest BCUT2D eigenvalue weighted by atomic mass is 32.1. The summed E-state index contributed by atoms with van der Waals surface area (Å²) in [5, 5.41) is 0.000609. The van der Waals surface area contributed by atoms with Crippen molar-refractivity contribution in [2.75, 3.05) is 6.61 Å². The van der Waals surface area contributed by atoms with Gasteiger partial charge in [0.05, 0.1) is 6.61 Å². The first-order valence-corrected chi connectivity index (χ1v) is 6.83. The molecule has 0 amide bonds. The van der Waals surface area contributed by atoms with Gasteiger partial charge in [-0.2, -0.15) is 12.6 Å². The third-order valence-electron chi connectivity index (χ3n) is 3.82. The van der Waals surface area contributed by atoms with E-state index in [1.165, 1.54) is 13.8 Å². The highest BCUT2D eigenvalue weighted by Crippen LogP contribution is 2.38. The van der Waals surface area contributed by atoms with Crippen molar-refractivity contribution < 1.29 is 19.1 Å². The standard InChI is InChI=1S/C13H22O4S/c1-7-8(2)13(17-10(4)15)12(18)5-11(7)6-16-9(3)14/h7-8,11-13,18H,5-6H2,1-4H3/t7-,8-,11?,12+,13?/m0/s1. The molecule has 0 N–H and O–H groups in total. The molecule has 4 nitrogen and oxygen atoms in total. The first kappa shape index (κ1) is 15.3. The third kappa shape index (κ3) is 3.90. The second-order valence-electron chi connectivity index (χ2n) is 5.16. The molecule has 0 heterocycles. The van der Waals surface area contributed by atoms with Gasteiger partial charge in [-0.15, -0.1) is 0 Å². The molecule has 18 heavy (non-hydrogen) atoms. The second-order valence-corrected chi connectivity index (χ2v) is 5.82. The van der Waals surface area contributed by atoms with Gasteiger partial charge in [0.2, 0.25) is 0 Å². The lowest BCUT2D eigenvalue weighted by Crippen LogP contribution is -2.46. The summed E-state index contributed by atoms with van der Waals surface area (Å²) < 4.78 is 10.4. The number of hydrogen-bond donors (Lipinski definition) is 1. The molecule has 5 heteroatoms. The summed E-state index contributed by atoms with van der Waals surface area (Å²) >= 11 is 4.52. The average molecular weight is 274 g/mol. The zero-order valence-electron chi connectivity index (χ0n) is 11.4. The lowest BCUT2D eigenvalue weighted by molar-refractivity contribution is -0.153. The molecule has 2 unspecified atom stereocenters. The van der Waals surface area contributed by atoms with Crippen LogP contribution in [0.25, 0.3) is 0 Å². The van der Waals surface area contributed by atoms with E-state index >= 15 is 0 Å². The highest BCUT2D eigenvalue weighted by Gasteiger charge is 2.41. The van der Waals surface area contributed by atoms with Crippen molar-refractivity contribution in [1.29, 1.82) is 0 Å². The van der Waals surface area contributed by atoms with E-state index < -0.39 is 0 Å². The number of esters is 2. The molecule has 1 aliphatic rings. The summed E-state index contributed by atoms with van der Waals surface area (Å²) in [6.45, 7) is 7.42. The van der Waals surface area contributed by atoms with Crippen molar-refractivity contribution >= 4 is 24.6 Å². The molecule has 1 saturated carbocycles. The van der Waals surface area contributed by atoms with Crippen molar-refractivity contribution in [3.8, 4) is 0 Å². The van der Waals surface area contributed by atoms with Crippen molar-refractivity contribution in [1.82, 2.24) is 0 Å². The number of rotatable bonds is 3. The Hall–Kier alpha value is -0.710. The highest BCUT2D eigenvalue weighted by molar-refractivity contribution is 7.81. The van der Waals surface area contributed by atoms with Crippen LogP contribution in [0.1, 0.15) is 34.1 Å². The molecular weight excluding hydrogens is 252 g/mol. The van der Waals surface area contributed by atoms with Crippen LogP contribution in [0.4, 0.5) is 0 Å². The molecule has 104 valence electrons. The van der Waals surface area contributed by atoms with Gasteiger partial charge in [0.25, 0.3) is 0 Å². The van der Waals surface area contributed by atoms with Crippen LogP contribution in [-0.2, 0) is 19.1 Å². The molecule has 0 spiro atoms. The Bertz CT molecular complexity index is 316. The Labute approximate surface area is 114 Å². The first-order chi connectivity index (χ1) is 8.32. The molecule has 0 saturated heterocycles. The van der Waals surface area contributed by atoms with Crippen molar-refractivity contribution in [3.05, 3.63) is 0 Å². The molecule has 0 aromatic carbocycles. The monoisotopic (exact) mass is 274 g/mol. The van der Waals surface area contributed by atoms with E-state index in [1.54, 1.807) is 0 Å². The van der Waals surface area contributed by atoms with Gasteiger partial charge >= 0.3 is 11.9 Å². The summed E-state index contributed by atoms with van der Waals surface area (Å²) in [5.74, 6) is 0.297. The minimum atomic E-state index is -0.267. The zero-order chi connectivity index (χ0) is 13.9. The maximum Gasteiger partial charge on any atom is 0.302 e. The molecule has 0 aromatic rings. The number of carbonyl (C=O) groups is 2. The van der Waals surface area contributed by atoms with Gasteiger partial charge in [0.15, 0.2) is 0 Å². The lowest BCUT2D eigenvalue weighted by atomic mass is 9.72. The van der Waals surface area contributed by atoms with E-state index in [1.807, 2.05) is 0 Å². The Balaban J connectivity index is 2.64. The summed E-state index contributed by atoms with van der Waals surface area (Å²) in [4.78, 5) is 21.9. The quantitative estimate of drug-likeness (QED) is 0.632. The van der Waals surface area contributed by atoms with E-state index in [2.05, 4.69) is 26.5 Å². The predicted molar refractivity (Wildman–Crippen MR) is 71.4 cm³/mol. The zero-order valence-corrected chi connectivity index (χ0v) is 12.3. The van der Waals surface area contributed by atoms with Crippen LogP contribution >= 0.6 is 12.6 Å². The number of ether oxygens (including phenoxy) is 2. The third-order valence-corrected chi connectivity index (χ3v) is 4.32.